The van der Waals surface area contributed by atoms with Gasteiger partial charge < -0.3 is 14.8 Å². The van der Waals surface area contributed by atoms with Gasteiger partial charge in [0, 0.05) is 38.3 Å². The molecular formula is C13H28N2O2. The van der Waals surface area contributed by atoms with Gasteiger partial charge in [-0.05, 0) is 27.7 Å². The van der Waals surface area contributed by atoms with Gasteiger partial charge in [-0.25, -0.2) is 0 Å². The highest BCUT2D eigenvalue weighted by Gasteiger charge is 2.28. The van der Waals surface area contributed by atoms with Gasteiger partial charge in [0.1, 0.15) is 0 Å². The van der Waals surface area contributed by atoms with Crippen LogP contribution in [0.4, 0.5) is 0 Å². The lowest BCUT2D eigenvalue weighted by atomic mass is 10.0. The zero-order valence-electron chi connectivity index (χ0n) is 12.0. The molecule has 0 radical (unpaired) electrons. The molecule has 0 amide bonds. The van der Waals surface area contributed by atoms with E-state index < -0.39 is 0 Å². The summed E-state index contributed by atoms with van der Waals surface area (Å²) in [6, 6.07) is 0.375. The van der Waals surface area contributed by atoms with Crippen LogP contribution in [-0.2, 0) is 9.47 Å². The van der Waals surface area contributed by atoms with Gasteiger partial charge in [-0.2, -0.15) is 0 Å². The molecule has 2 atom stereocenters. The molecule has 1 rings (SSSR count). The molecule has 0 aromatic carbocycles. The van der Waals surface area contributed by atoms with E-state index in [1.807, 2.05) is 0 Å². The molecule has 102 valence electrons. The zero-order chi connectivity index (χ0) is 12.9. The molecule has 0 aromatic heterocycles. The van der Waals surface area contributed by atoms with Crippen molar-refractivity contribution in [2.75, 3.05) is 40.0 Å². The predicted molar refractivity (Wildman–Crippen MR) is 70.4 cm³/mol. The van der Waals surface area contributed by atoms with Crippen molar-refractivity contribution < 1.29 is 9.47 Å². The van der Waals surface area contributed by atoms with E-state index in [9.17, 15) is 0 Å². The maximum atomic E-state index is 5.39. The molecule has 0 aliphatic carbocycles. The number of nitrogens with zero attached hydrogens (tertiary/aromatic N) is 1. The molecule has 1 aliphatic heterocycles. The minimum atomic E-state index is 0.172. The van der Waals surface area contributed by atoms with Crippen LogP contribution in [0.25, 0.3) is 0 Å². The summed E-state index contributed by atoms with van der Waals surface area (Å²) in [6.07, 6.45) is 0.246. The van der Waals surface area contributed by atoms with Crippen molar-refractivity contribution in [1.82, 2.24) is 10.2 Å². The van der Waals surface area contributed by atoms with Crippen molar-refractivity contribution in [3.05, 3.63) is 0 Å². The Hall–Kier alpha value is -0.160. The van der Waals surface area contributed by atoms with Crippen LogP contribution < -0.4 is 5.32 Å². The van der Waals surface area contributed by atoms with Gasteiger partial charge in [0.15, 0.2) is 0 Å². The summed E-state index contributed by atoms with van der Waals surface area (Å²) < 4.78 is 10.7. The first-order valence-electron chi connectivity index (χ1n) is 6.56. The van der Waals surface area contributed by atoms with Gasteiger partial charge in [0.25, 0.3) is 0 Å². The molecule has 0 spiro atoms. The smallest absolute Gasteiger partial charge is 0.0693 e. The third-order valence-corrected chi connectivity index (χ3v) is 3.80. The molecule has 4 heteroatoms. The van der Waals surface area contributed by atoms with Gasteiger partial charge >= 0.3 is 0 Å². The summed E-state index contributed by atoms with van der Waals surface area (Å²) in [6.45, 7) is 13.6. The van der Waals surface area contributed by atoms with Crippen molar-refractivity contribution in [2.24, 2.45) is 0 Å². The van der Waals surface area contributed by atoms with E-state index in [4.69, 9.17) is 9.47 Å². The Bertz CT molecular complexity index is 215. The Morgan fingerprint density at radius 3 is 2.41 bits per heavy atom. The molecule has 1 saturated heterocycles. The number of morpholine rings is 1. The minimum absolute atomic E-state index is 0.172. The van der Waals surface area contributed by atoms with E-state index in [0.717, 1.165) is 32.8 Å². The second kappa shape index (κ2) is 6.69. The normalized spacial score (nSPS) is 22.4. The third-order valence-electron chi connectivity index (χ3n) is 3.80. The lowest BCUT2D eigenvalue weighted by molar-refractivity contribution is -0.0123. The molecule has 2 unspecified atom stereocenters. The first-order valence-corrected chi connectivity index (χ1v) is 6.56. The molecule has 17 heavy (non-hydrogen) atoms. The van der Waals surface area contributed by atoms with Crippen molar-refractivity contribution in [2.45, 2.75) is 45.4 Å². The van der Waals surface area contributed by atoms with Crippen LogP contribution >= 0.6 is 0 Å². The molecule has 1 fully saturated rings. The molecule has 1 N–H and O–H groups in total. The number of methoxy groups -OCH3 is 1. The van der Waals surface area contributed by atoms with E-state index in [1.165, 1.54) is 0 Å². The maximum absolute atomic E-state index is 5.39. The summed E-state index contributed by atoms with van der Waals surface area (Å²) in [4.78, 5) is 2.49. The van der Waals surface area contributed by atoms with Crippen LogP contribution in [0.5, 0.6) is 0 Å². The van der Waals surface area contributed by atoms with Gasteiger partial charge in [-0.3, -0.25) is 4.90 Å². The van der Waals surface area contributed by atoms with Gasteiger partial charge in [0.2, 0.25) is 0 Å². The quantitative estimate of drug-likeness (QED) is 0.759. The minimum Gasteiger partial charge on any atom is -0.380 e. The highest BCUT2D eigenvalue weighted by Crippen LogP contribution is 2.15. The van der Waals surface area contributed by atoms with E-state index in [-0.39, 0.29) is 11.6 Å². The average Bonchev–Trinajstić information content (AvgIpc) is 2.36. The summed E-state index contributed by atoms with van der Waals surface area (Å²) >= 11 is 0. The summed E-state index contributed by atoms with van der Waals surface area (Å²) in [5, 5.41) is 3.56. The number of nitrogens with one attached hydrogen (secondary N) is 1. The first kappa shape index (κ1) is 14.9. The largest absolute Gasteiger partial charge is 0.380 e. The number of hydrogen-bond donors (Lipinski definition) is 1. The lowest BCUT2D eigenvalue weighted by Gasteiger charge is -2.41. The van der Waals surface area contributed by atoms with Crippen molar-refractivity contribution in [1.29, 1.82) is 0 Å². The van der Waals surface area contributed by atoms with Crippen LogP contribution in [0.1, 0.15) is 27.7 Å². The van der Waals surface area contributed by atoms with Crippen LogP contribution in [0, 0.1) is 0 Å². The number of rotatable bonds is 6. The molecule has 0 saturated carbocycles. The Balaban J connectivity index is 2.37. The average molecular weight is 244 g/mol. The third kappa shape index (κ3) is 4.54. The Morgan fingerprint density at radius 2 is 1.88 bits per heavy atom. The number of ether oxygens (including phenoxy) is 2. The SMILES string of the molecule is COC(C)C(C)NCC(C)(C)N1CCOCC1. The topological polar surface area (TPSA) is 33.7 Å². The van der Waals surface area contributed by atoms with E-state index in [2.05, 4.69) is 37.9 Å². The fraction of sp³-hybridized carbons (Fsp3) is 1.00. The van der Waals surface area contributed by atoms with Crippen molar-refractivity contribution >= 4 is 0 Å². The fourth-order valence-corrected chi connectivity index (χ4v) is 2.06. The van der Waals surface area contributed by atoms with Crippen LogP contribution in [-0.4, -0.2) is 62.5 Å². The fourth-order valence-electron chi connectivity index (χ4n) is 2.06. The molecule has 1 aliphatic rings. The van der Waals surface area contributed by atoms with Gasteiger partial charge in [-0.15, -0.1) is 0 Å². The summed E-state index contributed by atoms with van der Waals surface area (Å²) in [5.41, 5.74) is 0.172. The first-order chi connectivity index (χ1) is 7.97. The van der Waals surface area contributed by atoms with E-state index in [1.54, 1.807) is 7.11 Å². The Morgan fingerprint density at radius 1 is 1.29 bits per heavy atom. The zero-order valence-corrected chi connectivity index (χ0v) is 12.0. The van der Waals surface area contributed by atoms with Gasteiger partial charge in [0.05, 0.1) is 19.3 Å². The molecule has 1 heterocycles. The summed E-state index contributed by atoms with van der Waals surface area (Å²) in [5.74, 6) is 0. The lowest BCUT2D eigenvalue weighted by Crippen LogP contribution is -2.56. The van der Waals surface area contributed by atoms with Crippen LogP contribution in [0.2, 0.25) is 0 Å². The highest BCUT2D eigenvalue weighted by atomic mass is 16.5. The second-order valence-electron chi connectivity index (χ2n) is 5.52. The molecule has 4 nitrogen and oxygen atoms in total. The Kier molecular flexibility index (Phi) is 5.86. The summed E-state index contributed by atoms with van der Waals surface area (Å²) in [7, 11) is 1.76. The molecular weight excluding hydrogens is 216 g/mol. The monoisotopic (exact) mass is 244 g/mol. The van der Waals surface area contributed by atoms with Gasteiger partial charge in [-0.1, -0.05) is 0 Å². The van der Waals surface area contributed by atoms with Crippen LogP contribution in [0.15, 0.2) is 0 Å². The number of hydrogen-bond acceptors (Lipinski definition) is 4. The van der Waals surface area contributed by atoms with E-state index >= 15 is 0 Å². The second-order valence-corrected chi connectivity index (χ2v) is 5.52. The highest BCUT2D eigenvalue weighted by molar-refractivity contribution is 4.86. The van der Waals surface area contributed by atoms with E-state index in [0.29, 0.717) is 6.04 Å². The molecule has 0 aromatic rings. The predicted octanol–water partition coefficient (Wildman–Crippen LogP) is 1.11. The van der Waals surface area contributed by atoms with Crippen molar-refractivity contribution in [3.8, 4) is 0 Å². The maximum Gasteiger partial charge on any atom is 0.0693 e. The van der Waals surface area contributed by atoms with Crippen LogP contribution in [0.3, 0.4) is 0 Å². The Labute approximate surface area is 106 Å². The van der Waals surface area contributed by atoms with Crippen molar-refractivity contribution in [3.63, 3.8) is 0 Å². The molecule has 0 bridgehead atoms. The standard InChI is InChI=1S/C13H28N2O2/c1-11(12(2)16-5)14-10-13(3,4)15-6-8-17-9-7-15/h11-12,14H,6-10H2,1-5H3.